The Kier molecular flexibility index (Phi) is 5.45. The molecule has 0 bridgehead atoms. The summed E-state index contributed by atoms with van der Waals surface area (Å²) in [5.74, 6) is 1.05. The van der Waals surface area contributed by atoms with E-state index >= 15 is 0 Å². The number of amides is 1. The molecule has 2 aromatic carbocycles. The molecule has 0 saturated carbocycles. The normalized spacial score (nSPS) is 15.5. The quantitative estimate of drug-likeness (QED) is 0.440. The molecule has 1 aliphatic heterocycles. The number of carbonyl (C=O) groups is 1. The summed E-state index contributed by atoms with van der Waals surface area (Å²) in [6.45, 7) is 1.78. The molecular weight excluding hydrogens is 422 g/mol. The topological polar surface area (TPSA) is 107 Å². The zero-order chi connectivity index (χ0) is 22.8. The molecule has 2 aromatic heterocycles. The second-order valence-corrected chi connectivity index (χ2v) is 7.62. The van der Waals surface area contributed by atoms with Crippen molar-refractivity contribution in [3.8, 4) is 22.6 Å². The fourth-order valence-electron chi connectivity index (χ4n) is 3.75. The maximum Gasteiger partial charge on any atom is 0.258 e. The molecule has 1 unspecified atom stereocenters. The SMILES string of the molecule is CONC1=CN(C(=O)c2ccc(-c3ccccc3)cc2)C(c2nc(-c3cc(C)on3)no2)C1. The standard InChI is InChI=1S/C24H21N5O4/c1-15-12-20(27-32-15)22-25-23(33-28-22)21-13-19(26-31-2)14-29(21)24(30)18-10-8-17(9-11-18)16-6-4-3-5-7-16/h3-12,14,21,26H,13H2,1-2H3. The van der Waals surface area contributed by atoms with Crippen LogP contribution < -0.4 is 5.48 Å². The third-order valence-corrected chi connectivity index (χ3v) is 5.33. The number of aryl methyl sites for hydroxylation is 1. The van der Waals surface area contributed by atoms with Gasteiger partial charge >= 0.3 is 0 Å². The first-order valence-electron chi connectivity index (χ1n) is 10.4. The largest absolute Gasteiger partial charge is 0.361 e. The molecular formula is C24H21N5O4. The Morgan fingerprint density at radius 2 is 1.82 bits per heavy atom. The van der Waals surface area contributed by atoms with Crippen LogP contribution in [-0.4, -0.2) is 33.2 Å². The summed E-state index contributed by atoms with van der Waals surface area (Å²) >= 11 is 0. The summed E-state index contributed by atoms with van der Waals surface area (Å²) in [4.78, 5) is 24.5. The third-order valence-electron chi connectivity index (χ3n) is 5.33. The van der Waals surface area contributed by atoms with Crippen LogP contribution >= 0.6 is 0 Å². The summed E-state index contributed by atoms with van der Waals surface area (Å²) in [6, 6.07) is 18.7. The van der Waals surface area contributed by atoms with Crippen molar-refractivity contribution in [2.24, 2.45) is 0 Å². The highest BCUT2D eigenvalue weighted by Crippen LogP contribution is 2.35. The molecule has 3 heterocycles. The Labute approximate surface area is 189 Å². The first-order chi connectivity index (χ1) is 16.1. The van der Waals surface area contributed by atoms with Gasteiger partial charge in [-0.2, -0.15) is 4.98 Å². The summed E-state index contributed by atoms with van der Waals surface area (Å²) in [7, 11) is 1.51. The van der Waals surface area contributed by atoms with Gasteiger partial charge in [-0.1, -0.05) is 52.8 Å². The van der Waals surface area contributed by atoms with E-state index in [4.69, 9.17) is 13.9 Å². The van der Waals surface area contributed by atoms with Crippen molar-refractivity contribution in [2.75, 3.05) is 7.11 Å². The monoisotopic (exact) mass is 443 g/mol. The number of nitrogens with zero attached hydrogens (tertiary/aromatic N) is 4. The van der Waals surface area contributed by atoms with E-state index in [2.05, 4.69) is 20.8 Å². The van der Waals surface area contributed by atoms with Crippen LogP contribution in [-0.2, 0) is 4.84 Å². The van der Waals surface area contributed by atoms with E-state index in [1.807, 2.05) is 54.6 Å². The molecule has 1 aliphatic rings. The van der Waals surface area contributed by atoms with Crippen LogP contribution in [0.1, 0.15) is 34.5 Å². The number of hydrogen-bond donors (Lipinski definition) is 1. The number of hydroxylamine groups is 1. The molecule has 4 aromatic rings. The summed E-state index contributed by atoms with van der Waals surface area (Å²) in [6.07, 6.45) is 2.13. The predicted octanol–water partition coefficient (Wildman–Crippen LogP) is 4.28. The van der Waals surface area contributed by atoms with Crippen LogP contribution in [0.5, 0.6) is 0 Å². The average Bonchev–Trinajstić information content (AvgIpc) is 3.59. The van der Waals surface area contributed by atoms with Crippen LogP contribution in [0.4, 0.5) is 0 Å². The molecule has 0 aliphatic carbocycles. The van der Waals surface area contributed by atoms with Gasteiger partial charge in [0.2, 0.25) is 5.82 Å². The highest BCUT2D eigenvalue weighted by Gasteiger charge is 2.35. The molecule has 5 rings (SSSR count). The minimum Gasteiger partial charge on any atom is -0.361 e. The lowest BCUT2D eigenvalue weighted by molar-refractivity contribution is 0.0760. The van der Waals surface area contributed by atoms with E-state index in [0.717, 1.165) is 11.1 Å². The lowest BCUT2D eigenvalue weighted by atomic mass is 10.0. The molecule has 0 spiro atoms. The van der Waals surface area contributed by atoms with Gasteiger partial charge < -0.3 is 13.9 Å². The summed E-state index contributed by atoms with van der Waals surface area (Å²) in [5.41, 5.74) is 6.65. The fourth-order valence-corrected chi connectivity index (χ4v) is 3.75. The van der Waals surface area contributed by atoms with Gasteiger partial charge in [0.15, 0.2) is 5.69 Å². The number of benzene rings is 2. The number of aromatic nitrogens is 3. The highest BCUT2D eigenvalue weighted by atomic mass is 16.6. The molecule has 0 fully saturated rings. The van der Waals surface area contributed by atoms with Crippen LogP contribution in [0.15, 0.2) is 81.6 Å². The van der Waals surface area contributed by atoms with Crippen molar-refractivity contribution in [3.05, 3.63) is 89.8 Å². The lowest BCUT2D eigenvalue weighted by Crippen LogP contribution is -2.27. The van der Waals surface area contributed by atoms with Gasteiger partial charge in [-0.25, -0.2) is 0 Å². The first kappa shape index (κ1) is 20.7. The maximum absolute atomic E-state index is 13.4. The van der Waals surface area contributed by atoms with Crippen LogP contribution in [0.2, 0.25) is 0 Å². The Morgan fingerprint density at radius 3 is 2.52 bits per heavy atom. The van der Waals surface area contributed by atoms with Crippen LogP contribution in [0, 0.1) is 6.92 Å². The minimum absolute atomic E-state index is 0.190. The van der Waals surface area contributed by atoms with E-state index in [9.17, 15) is 4.79 Å². The van der Waals surface area contributed by atoms with Gasteiger partial charge in [-0.3, -0.25) is 15.1 Å². The summed E-state index contributed by atoms with van der Waals surface area (Å²) in [5, 5.41) is 7.93. The second kappa shape index (κ2) is 8.71. The number of rotatable bonds is 6. The van der Waals surface area contributed by atoms with Gasteiger partial charge in [0, 0.05) is 24.3 Å². The molecule has 33 heavy (non-hydrogen) atoms. The van der Waals surface area contributed by atoms with E-state index in [1.54, 1.807) is 24.1 Å². The van der Waals surface area contributed by atoms with Crippen molar-refractivity contribution in [2.45, 2.75) is 19.4 Å². The smallest absolute Gasteiger partial charge is 0.258 e. The van der Waals surface area contributed by atoms with Gasteiger partial charge in [0.05, 0.1) is 12.8 Å². The fraction of sp³-hybridized carbons (Fsp3) is 0.167. The van der Waals surface area contributed by atoms with Crippen molar-refractivity contribution < 1.29 is 18.7 Å². The first-order valence-corrected chi connectivity index (χ1v) is 10.4. The Bertz CT molecular complexity index is 1290. The number of carbonyl (C=O) groups excluding carboxylic acids is 1. The van der Waals surface area contributed by atoms with Gasteiger partial charge in [-0.15, -0.1) is 0 Å². The van der Waals surface area contributed by atoms with E-state index < -0.39 is 6.04 Å². The van der Waals surface area contributed by atoms with Crippen LogP contribution in [0.25, 0.3) is 22.6 Å². The molecule has 0 radical (unpaired) electrons. The number of nitrogens with one attached hydrogen (secondary N) is 1. The number of hydrogen-bond acceptors (Lipinski definition) is 8. The van der Waals surface area contributed by atoms with Crippen molar-refractivity contribution >= 4 is 5.91 Å². The lowest BCUT2D eigenvalue weighted by Gasteiger charge is -2.20. The Balaban J connectivity index is 1.41. The van der Waals surface area contributed by atoms with Gasteiger partial charge in [0.1, 0.15) is 11.8 Å². The molecule has 0 saturated heterocycles. The summed E-state index contributed by atoms with van der Waals surface area (Å²) < 4.78 is 10.6. The second-order valence-electron chi connectivity index (χ2n) is 7.62. The van der Waals surface area contributed by atoms with E-state index in [-0.39, 0.29) is 5.91 Å². The molecule has 1 amide bonds. The van der Waals surface area contributed by atoms with E-state index in [0.29, 0.717) is 40.9 Å². The molecule has 166 valence electrons. The Morgan fingerprint density at radius 1 is 1.06 bits per heavy atom. The highest BCUT2D eigenvalue weighted by molar-refractivity contribution is 5.96. The molecule has 9 nitrogen and oxygen atoms in total. The van der Waals surface area contributed by atoms with Crippen molar-refractivity contribution in [1.29, 1.82) is 0 Å². The van der Waals surface area contributed by atoms with Gasteiger partial charge in [0.25, 0.3) is 11.8 Å². The molecule has 1 atom stereocenters. The molecule has 9 heteroatoms. The van der Waals surface area contributed by atoms with Gasteiger partial charge in [-0.05, 0) is 30.2 Å². The Hall–Kier alpha value is -4.24. The van der Waals surface area contributed by atoms with Crippen molar-refractivity contribution in [1.82, 2.24) is 25.7 Å². The minimum atomic E-state index is -0.488. The zero-order valence-corrected chi connectivity index (χ0v) is 18.1. The van der Waals surface area contributed by atoms with E-state index in [1.165, 1.54) is 7.11 Å². The molecule has 1 N–H and O–H groups in total. The zero-order valence-electron chi connectivity index (χ0n) is 18.1. The average molecular weight is 443 g/mol. The maximum atomic E-state index is 13.4. The predicted molar refractivity (Wildman–Crippen MR) is 118 cm³/mol. The van der Waals surface area contributed by atoms with Crippen LogP contribution in [0.3, 0.4) is 0 Å². The van der Waals surface area contributed by atoms with Crippen molar-refractivity contribution in [3.63, 3.8) is 0 Å². The third kappa shape index (κ3) is 4.13.